The highest BCUT2D eigenvalue weighted by Gasteiger charge is 2.24. The Labute approximate surface area is 178 Å². The van der Waals surface area contributed by atoms with Crippen molar-refractivity contribution in [2.24, 2.45) is 0 Å². The Morgan fingerprint density at radius 2 is 1.74 bits per heavy atom. The van der Waals surface area contributed by atoms with Crippen LogP contribution in [0.1, 0.15) is 34.2 Å². The van der Waals surface area contributed by atoms with Gasteiger partial charge in [0.15, 0.2) is 5.69 Å². The number of anilines is 1. The topological polar surface area (TPSA) is 80.1 Å². The molecule has 0 aliphatic heterocycles. The lowest BCUT2D eigenvalue weighted by atomic mass is 10.1. The molecule has 0 bridgehead atoms. The quantitative estimate of drug-likeness (QED) is 0.652. The third-order valence-corrected chi connectivity index (χ3v) is 4.78. The molecule has 0 saturated carbocycles. The minimum absolute atomic E-state index is 0.103. The molecule has 0 fully saturated rings. The van der Waals surface area contributed by atoms with Crippen molar-refractivity contribution in [2.75, 3.05) is 18.4 Å². The van der Waals surface area contributed by atoms with E-state index in [1.165, 1.54) is 15.8 Å². The molecule has 2 aromatic carbocycles. The standard InChI is InChI=1S/C22H23F2N5O2/c1-5-28(12-19(30)25-21-16(23)7-6-8-17(21)24)22(31)20-15(4)26-29(27-20)18-10-9-13(2)11-14(18)3/h6-11H,5,12H2,1-4H3,(H,25,30). The number of carbonyl (C=O) groups excluding carboxylic acids is 2. The molecule has 0 aliphatic carbocycles. The fraction of sp³-hybridized carbons (Fsp3) is 0.273. The summed E-state index contributed by atoms with van der Waals surface area (Å²) in [6, 6.07) is 9.05. The Morgan fingerprint density at radius 1 is 1.06 bits per heavy atom. The van der Waals surface area contributed by atoms with E-state index in [1.54, 1.807) is 13.8 Å². The van der Waals surface area contributed by atoms with Crippen molar-refractivity contribution in [1.82, 2.24) is 19.9 Å². The van der Waals surface area contributed by atoms with Crippen LogP contribution in [0, 0.1) is 32.4 Å². The molecular formula is C22H23F2N5O2. The number of aromatic nitrogens is 3. The molecule has 3 aromatic rings. The number of benzene rings is 2. The Bertz CT molecular complexity index is 1120. The van der Waals surface area contributed by atoms with Gasteiger partial charge in [0.25, 0.3) is 5.91 Å². The largest absolute Gasteiger partial charge is 0.328 e. The zero-order valence-corrected chi connectivity index (χ0v) is 17.7. The summed E-state index contributed by atoms with van der Waals surface area (Å²) in [5.41, 5.74) is 2.75. The highest BCUT2D eigenvalue weighted by atomic mass is 19.1. The van der Waals surface area contributed by atoms with Crippen LogP contribution in [0.5, 0.6) is 0 Å². The van der Waals surface area contributed by atoms with E-state index in [1.807, 2.05) is 32.0 Å². The molecule has 1 heterocycles. The number of likely N-dealkylation sites (N-methyl/N-ethyl adjacent to an activating group) is 1. The minimum atomic E-state index is -0.894. The van der Waals surface area contributed by atoms with Gasteiger partial charge in [-0.3, -0.25) is 9.59 Å². The van der Waals surface area contributed by atoms with Gasteiger partial charge < -0.3 is 10.2 Å². The van der Waals surface area contributed by atoms with Crippen LogP contribution in [0.4, 0.5) is 14.5 Å². The highest BCUT2D eigenvalue weighted by Crippen LogP contribution is 2.19. The number of carbonyl (C=O) groups is 2. The second kappa shape index (κ2) is 9.03. The van der Waals surface area contributed by atoms with Crippen LogP contribution >= 0.6 is 0 Å². The number of rotatable bonds is 6. The molecule has 0 spiro atoms. The van der Waals surface area contributed by atoms with Crippen LogP contribution in [0.25, 0.3) is 5.69 Å². The Balaban J connectivity index is 1.79. The number of halogens is 2. The lowest BCUT2D eigenvalue weighted by Crippen LogP contribution is -2.38. The summed E-state index contributed by atoms with van der Waals surface area (Å²) in [6.45, 7) is 7.06. The summed E-state index contributed by atoms with van der Waals surface area (Å²) in [5, 5.41) is 10.8. The van der Waals surface area contributed by atoms with Crippen molar-refractivity contribution in [2.45, 2.75) is 27.7 Å². The van der Waals surface area contributed by atoms with E-state index < -0.39 is 29.1 Å². The molecule has 2 amide bonds. The van der Waals surface area contributed by atoms with Crippen LogP contribution in [-0.4, -0.2) is 44.8 Å². The summed E-state index contributed by atoms with van der Waals surface area (Å²) in [4.78, 5) is 27.9. The molecule has 162 valence electrons. The van der Waals surface area contributed by atoms with Crippen molar-refractivity contribution in [3.63, 3.8) is 0 Å². The van der Waals surface area contributed by atoms with Crippen molar-refractivity contribution < 1.29 is 18.4 Å². The average molecular weight is 427 g/mol. The summed E-state index contributed by atoms with van der Waals surface area (Å²) in [6.07, 6.45) is 0. The molecule has 1 aromatic heterocycles. The number of nitrogens with zero attached hydrogens (tertiary/aromatic N) is 4. The number of para-hydroxylation sites is 1. The maximum Gasteiger partial charge on any atom is 0.276 e. The maximum atomic E-state index is 13.8. The lowest BCUT2D eigenvalue weighted by molar-refractivity contribution is -0.116. The van der Waals surface area contributed by atoms with Gasteiger partial charge in [0.2, 0.25) is 5.91 Å². The number of hydrogen-bond acceptors (Lipinski definition) is 4. The van der Waals surface area contributed by atoms with Gasteiger partial charge in [0.05, 0.1) is 11.4 Å². The molecule has 9 heteroatoms. The maximum absolute atomic E-state index is 13.8. The van der Waals surface area contributed by atoms with E-state index in [0.29, 0.717) is 5.69 Å². The molecule has 31 heavy (non-hydrogen) atoms. The van der Waals surface area contributed by atoms with Gasteiger partial charge >= 0.3 is 0 Å². The van der Waals surface area contributed by atoms with E-state index >= 15 is 0 Å². The molecule has 0 unspecified atom stereocenters. The Kier molecular flexibility index (Phi) is 6.43. The molecule has 3 rings (SSSR count). The average Bonchev–Trinajstić information content (AvgIpc) is 3.09. The van der Waals surface area contributed by atoms with Crippen molar-refractivity contribution in [3.8, 4) is 5.69 Å². The first-order chi connectivity index (χ1) is 14.7. The zero-order chi connectivity index (χ0) is 22.7. The normalized spacial score (nSPS) is 10.8. The first kappa shape index (κ1) is 22.1. The van der Waals surface area contributed by atoms with Gasteiger partial charge in [-0.05, 0) is 51.5 Å². The number of amides is 2. The molecule has 0 radical (unpaired) electrons. The van der Waals surface area contributed by atoms with Crippen LogP contribution < -0.4 is 5.32 Å². The van der Waals surface area contributed by atoms with Gasteiger partial charge in [-0.2, -0.15) is 9.90 Å². The fourth-order valence-corrected chi connectivity index (χ4v) is 3.16. The van der Waals surface area contributed by atoms with Crippen LogP contribution in [0.3, 0.4) is 0 Å². The molecule has 0 aliphatic rings. The van der Waals surface area contributed by atoms with Crippen molar-refractivity contribution in [1.29, 1.82) is 0 Å². The molecular weight excluding hydrogens is 404 g/mol. The third-order valence-electron chi connectivity index (χ3n) is 4.78. The van der Waals surface area contributed by atoms with E-state index in [4.69, 9.17) is 0 Å². The third kappa shape index (κ3) is 4.76. The molecule has 7 nitrogen and oxygen atoms in total. The van der Waals surface area contributed by atoms with Crippen LogP contribution in [0.15, 0.2) is 36.4 Å². The predicted octanol–water partition coefficient (Wildman–Crippen LogP) is 3.57. The summed E-state index contributed by atoms with van der Waals surface area (Å²) in [7, 11) is 0. The summed E-state index contributed by atoms with van der Waals surface area (Å²) in [5.74, 6) is -3.01. The molecule has 0 atom stereocenters. The van der Waals surface area contributed by atoms with E-state index in [2.05, 4.69) is 15.5 Å². The van der Waals surface area contributed by atoms with E-state index in [-0.39, 0.29) is 18.8 Å². The van der Waals surface area contributed by atoms with Crippen molar-refractivity contribution in [3.05, 3.63) is 70.5 Å². The summed E-state index contributed by atoms with van der Waals surface area (Å²) >= 11 is 0. The first-order valence-corrected chi connectivity index (χ1v) is 9.76. The van der Waals surface area contributed by atoms with Gasteiger partial charge in [-0.15, -0.1) is 5.10 Å². The number of hydrogen-bond donors (Lipinski definition) is 1. The van der Waals surface area contributed by atoms with E-state index in [9.17, 15) is 18.4 Å². The van der Waals surface area contributed by atoms with Crippen LogP contribution in [0.2, 0.25) is 0 Å². The molecule has 0 saturated heterocycles. The molecule has 1 N–H and O–H groups in total. The van der Waals surface area contributed by atoms with Gasteiger partial charge in [-0.25, -0.2) is 8.78 Å². The van der Waals surface area contributed by atoms with Gasteiger partial charge in [0.1, 0.15) is 23.9 Å². The monoisotopic (exact) mass is 427 g/mol. The number of nitrogens with one attached hydrogen (secondary N) is 1. The van der Waals surface area contributed by atoms with Crippen molar-refractivity contribution >= 4 is 17.5 Å². The number of aryl methyl sites for hydroxylation is 3. The van der Waals surface area contributed by atoms with E-state index in [0.717, 1.165) is 28.9 Å². The highest BCUT2D eigenvalue weighted by molar-refractivity contribution is 5.99. The predicted molar refractivity (Wildman–Crippen MR) is 112 cm³/mol. The fourth-order valence-electron chi connectivity index (χ4n) is 3.16. The van der Waals surface area contributed by atoms with Gasteiger partial charge in [0, 0.05) is 6.54 Å². The zero-order valence-electron chi connectivity index (χ0n) is 17.7. The SMILES string of the molecule is CCN(CC(=O)Nc1c(F)cccc1F)C(=O)c1nn(-c2ccc(C)cc2C)nc1C. The lowest BCUT2D eigenvalue weighted by Gasteiger charge is -2.19. The van der Waals surface area contributed by atoms with Crippen LogP contribution in [-0.2, 0) is 4.79 Å². The van der Waals surface area contributed by atoms with Gasteiger partial charge in [-0.1, -0.05) is 23.8 Å². The second-order valence-electron chi connectivity index (χ2n) is 7.18. The minimum Gasteiger partial charge on any atom is -0.328 e. The smallest absolute Gasteiger partial charge is 0.276 e. The Morgan fingerprint density at radius 3 is 2.35 bits per heavy atom. The summed E-state index contributed by atoms with van der Waals surface area (Å²) < 4.78 is 27.5. The second-order valence-corrected chi connectivity index (χ2v) is 7.18. The Hall–Kier alpha value is -3.62. The first-order valence-electron chi connectivity index (χ1n) is 9.76.